The Hall–Kier alpha value is -2.16. The highest BCUT2D eigenvalue weighted by atomic mass is 16.6. The van der Waals surface area contributed by atoms with Gasteiger partial charge in [0.15, 0.2) is 5.60 Å². The van der Waals surface area contributed by atoms with Gasteiger partial charge in [-0.1, -0.05) is 122 Å². The second-order valence-electron chi connectivity index (χ2n) is 20.0. The molecule has 62 heavy (non-hydrogen) atoms. The number of ether oxygens (including phenoxy) is 6. The quantitative estimate of drug-likeness (QED) is 0.0693. The van der Waals surface area contributed by atoms with Crippen molar-refractivity contribution in [1.82, 2.24) is 4.90 Å². The van der Waals surface area contributed by atoms with E-state index in [1.165, 1.54) is 77.7 Å². The van der Waals surface area contributed by atoms with Crippen molar-refractivity contribution in [3.63, 3.8) is 0 Å². The highest BCUT2D eigenvalue weighted by molar-refractivity contribution is 5.89. The molecule has 5 saturated carbocycles. The van der Waals surface area contributed by atoms with Crippen molar-refractivity contribution in [3.8, 4) is 0 Å². The average molecular weight is 870 g/mol. The van der Waals surface area contributed by atoms with E-state index in [9.17, 15) is 24.9 Å². The summed E-state index contributed by atoms with van der Waals surface area (Å²) in [6.45, 7) is 5.70. The van der Waals surface area contributed by atoms with Crippen LogP contribution in [0.2, 0.25) is 0 Å². The topological polar surface area (TPSA) is 153 Å². The molecule has 12 heteroatoms. The number of aliphatic hydroxyl groups is 3. The zero-order valence-electron chi connectivity index (χ0n) is 38.6. The first kappa shape index (κ1) is 47.8. The summed E-state index contributed by atoms with van der Waals surface area (Å²) in [5, 5.41) is 38.4. The maximum atomic E-state index is 14.6. The molecule has 7 bridgehead atoms. The Morgan fingerprint density at radius 2 is 1.39 bits per heavy atom. The van der Waals surface area contributed by atoms with Crippen LogP contribution in [-0.2, 0) is 33.2 Å². The van der Waals surface area contributed by atoms with E-state index in [4.69, 9.17) is 28.4 Å². The Morgan fingerprint density at radius 3 is 1.94 bits per heavy atom. The molecular weight excluding hydrogens is 791 g/mol. The van der Waals surface area contributed by atoms with E-state index in [-0.39, 0.29) is 31.4 Å². The second-order valence-corrected chi connectivity index (χ2v) is 20.0. The molecule has 15 atom stereocenters. The molecule has 0 aromatic heterocycles. The molecule has 3 N–H and O–H groups in total. The van der Waals surface area contributed by atoms with E-state index in [0.29, 0.717) is 31.5 Å². The smallest absolute Gasteiger partial charge is 0.338 e. The number of methoxy groups -OCH3 is 4. The van der Waals surface area contributed by atoms with Gasteiger partial charge in [0, 0.05) is 82.5 Å². The lowest BCUT2D eigenvalue weighted by Crippen LogP contribution is -2.81. The van der Waals surface area contributed by atoms with Crippen LogP contribution in [0, 0.1) is 34.5 Å². The molecule has 12 nitrogen and oxygen atoms in total. The maximum absolute atomic E-state index is 14.6. The number of carbonyl (C=O) groups excluding carboxylic acids is 2. The van der Waals surface area contributed by atoms with Gasteiger partial charge in [-0.25, -0.2) is 4.79 Å². The molecular formula is C50H79NO11. The molecule has 6 fully saturated rings. The SMILES string of the molecule is CCCCCCCCCCCCCCCCCC(=O)O[C@]12[C@H]3[C@@H](OC(=O)c4ccccc4)[C@](O)(C[C@H]3[C@@]34C5[C@@H]1[C@H](OC)[C@@H]3[C@](COC)(CN5CC)[C@H](O)C[C@@H]4OC)[C@@H](OC)[C@@H]2O. The zero-order valence-corrected chi connectivity index (χ0v) is 38.6. The number of hydrogen-bond acceptors (Lipinski definition) is 12. The van der Waals surface area contributed by atoms with Gasteiger partial charge in [-0.15, -0.1) is 0 Å². The van der Waals surface area contributed by atoms with Crippen molar-refractivity contribution < 1.29 is 53.3 Å². The fourth-order valence-electron chi connectivity index (χ4n) is 15.0. The first-order valence-corrected chi connectivity index (χ1v) is 24.4. The Bertz CT molecular complexity index is 1630. The molecule has 0 amide bonds. The van der Waals surface area contributed by atoms with Crippen molar-refractivity contribution in [3.05, 3.63) is 35.9 Å². The standard InChI is InChI=1S/C50H79NO11/c1-7-9-10-11-12-13-14-15-16-17-18-19-20-21-25-28-37(53)62-50-38-34(30-48(56,45(60-6)43(50)54)44(38)61-46(55)33-26-23-22-24-27-33)49-36(58-4)29-35(52)47(32-57-3)31-51(8-2)42(49)39(50)40(59-5)41(47)49/h22-24,26-27,34-36,38-45,52,54,56H,7-21,25,28-32H2,1-6H3/t34-,35-,36+,38-,39+,40+,41-,42?,43+,44-,45+,47+,48-,49+,50-/m1/s1. The fraction of sp³-hybridized carbons (Fsp3) is 0.840. The van der Waals surface area contributed by atoms with Crippen LogP contribution in [0.5, 0.6) is 0 Å². The molecule has 1 aromatic rings. The van der Waals surface area contributed by atoms with Gasteiger partial charge in [-0.05, 0) is 37.4 Å². The van der Waals surface area contributed by atoms with Crippen LogP contribution >= 0.6 is 0 Å². The highest BCUT2D eigenvalue weighted by Crippen LogP contribution is 2.80. The molecule has 5 aliphatic carbocycles. The van der Waals surface area contributed by atoms with Crippen LogP contribution in [0.15, 0.2) is 30.3 Å². The van der Waals surface area contributed by atoms with Crippen LogP contribution in [0.3, 0.4) is 0 Å². The number of benzene rings is 1. The van der Waals surface area contributed by atoms with Gasteiger partial charge in [-0.2, -0.15) is 0 Å². The maximum Gasteiger partial charge on any atom is 0.338 e. The van der Waals surface area contributed by atoms with Gasteiger partial charge in [0.2, 0.25) is 0 Å². The fourth-order valence-corrected chi connectivity index (χ4v) is 15.0. The van der Waals surface area contributed by atoms with Crippen molar-refractivity contribution in [1.29, 1.82) is 0 Å². The van der Waals surface area contributed by atoms with Crippen molar-refractivity contribution >= 4 is 11.9 Å². The third-order valence-electron chi connectivity index (χ3n) is 17.1. The lowest BCUT2D eigenvalue weighted by Gasteiger charge is -2.70. The lowest BCUT2D eigenvalue weighted by atomic mass is 9.42. The number of likely N-dealkylation sites (tertiary alicyclic amines) is 1. The van der Waals surface area contributed by atoms with E-state index in [1.54, 1.807) is 45.6 Å². The molecule has 1 saturated heterocycles. The number of fused-ring (bicyclic) bond motifs is 2. The molecule has 1 unspecified atom stereocenters. The van der Waals surface area contributed by atoms with E-state index in [2.05, 4.69) is 18.7 Å². The van der Waals surface area contributed by atoms with Gasteiger partial charge in [0.05, 0.1) is 30.5 Å². The third-order valence-corrected chi connectivity index (χ3v) is 17.1. The summed E-state index contributed by atoms with van der Waals surface area (Å²) >= 11 is 0. The number of esters is 2. The molecule has 1 spiro atoms. The second kappa shape index (κ2) is 20.1. The molecule has 6 aliphatic rings. The summed E-state index contributed by atoms with van der Waals surface area (Å²) in [4.78, 5) is 31.0. The van der Waals surface area contributed by atoms with E-state index in [0.717, 1.165) is 19.3 Å². The molecule has 1 aliphatic heterocycles. The number of unbranched alkanes of at least 4 members (excludes halogenated alkanes) is 14. The number of nitrogens with zero attached hydrogens (tertiary/aromatic N) is 1. The molecule has 350 valence electrons. The summed E-state index contributed by atoms with van der Waals surface area (Å²) in [7, 11) is 6.42. The number of carbonyl (C=O) groups is 2. The lowest BCUT2D eigenvalue weighted by molar-refractivity contribution is -0.323. The monoisotopic (exact) mass is 870 g/mol. The Balaban J connectivity index is 1.17. The number of hydrogen-bond donors (Lipinski definition) is 3. The molecule has 1 aromatic carbocycles. The van der Waals surface area contributed by atoms with Gasteiger partial charge in [-0.3, -0.25) is 9.69 Å². The predicted molar refractivity (Wildman–Crippen MR) is 234 cm³/mol. The van der Waals surface area contributed by atoms with Crippen LogP contribution < -0.4 is 0 Å². The zero-order chi connectivity index (χ0) is 44.3. The Morgan fingerprint density at radius 1 is 0.774 bits per heavy atom. The normalized spacial score (nSPS) is 40.1. The Kier molecular flexibility index (Phi) is 15.5. The summed E-state index contributed by atoms with van der Waals surface area (Å²) < 4.78 is 38.7. The number of aliphatic hydroxyl groups excluding tert-OH is 2. The molecule has 7 rings (SSSR count). The van der Waals surface area contributed by atoms with Gasteiger partial charge >= 0.3 is 11.9 Å². The number of rotatable bonds is 25. The predicted octanol–water partition coefficient (Wildman–Crippen LogP) is 6.89. The summed E-state index contributed by atoms with van der Waals surface area (Å²) in [5.74, 6) is -3.47. The Labute approximate surface area is 371 Å². The first-order valence-electron chi connectivity index (χ1n) is 24.4. The minimum Gasteiger partial charge on any atom is -0.455 e. The van der Waals surface area contributed by atoms with Crippen molar-refractivity contribution in [2.24, 2.45) is 34.5 Å². The highest BCUT2D eigenvalue weighted by Gasteiger charge is 2.92. The average Bonchev–Trinajstić information content (AvgIpc) is 3.65. The molecule has 0 radical (unpaired) electrons. The number of piperidine rings is 1. The van der Waals surface area contributed by atoms with Gasteiger partial charge < -0.3 is 43.7 Å². The van der Waals surface area contributed by atoms with E-state index in [1.807, 2.05) is 6.07 Å². The van der Waals surface area contributed by atoms with Crippen molar-refractivity contribution in [2.45, 2.75) is 183 Å². The molecule has 1 heterocycles. The van der Waals surface area contributed by atoms with Gasteiger partial charge in [0.1, 0.15) is 23.9 Å². The summed E-state index contributed by atoms with van der Waals surface area (Å²) in [6, 6.07) is 8.33. The summed E-state index contributed by atoms with van der Waals surface area (Å²) in [5.41, 5.74) is -4.82. The largest absolute Gasteiger partial charge is 0.455 e. The minimum atomic E-state index is -1.84. The van der Waals surface area contributed by atoms with Crippen LogP contribution in [0.4, 0.5) is 0 Å². The summed E-state index contributed by atoms with van der Waals surface area (Å²) in [6.07, 6.45) is 12.8. The van der Waals surface area contributed by atoms with Gasteiger partial charge in [0.25, 0.3) is 0 Å². The van der Waals surface area contributed by atoms with Crippen LogP contribution in [0.1, 0.15) is 140 Å². The minimum absolute atomic E-state index is 0.0883. The third kappa shape index (κ3) is 7.69. The van der Waals surface area contributed by atoms with E-state index < -0.39 is 88.3 Å². The van der Waals surface area contributed by atoms with Crippen LogP contribution in [0.25, 0.3) is 0 Å². The van der Waals surface area contributed by atoms with Crippen molar-refractivity contribution in [2.75, 3.05) is 48.1 Å². The van der Waals surface area contributed by atoms with E-state index >= 15 is 0 Å². The first-order chi connectivity index (χ1) is 30.0. The van der Waals surface area contributed by atoms with Crippen LogP contribution in [-0.4, -0.2) is 134 Å².